The summed E-state index contributed by atoms with van der Waals surface area (Å²) in [6.07, 6.45) is 4.58. The van der Waals surface area contributed by atoms with E-state index in [0.29, 0.717) is 44.0 Å². The average molecular weight is 506 g/mol. The molecule has 0 radical (unpaired) electrons. The summed E-state index contributed by atoms with van der Waals surface area (Å²) in [5.41, 5.74) is 1.74. The maximum absolute atomic E-state index is 13.4. The molecule has 11 heteroatoms. The number of nitrogens with one attached hydrogen (secondary N) is 1. The molecular formula is C24H19N5O4S2. The van der Waals surface area contributed by atoms with E-state index in [1.54, 1.807) is 49.6 Å². The van der Waals surface area contributed by atoms with Crippen molar-refractivity contribution in [2.45, 2.75) is 21.9 Å². The van der Waals surface area contributed by atoms with Crippen LogP contribution in [-0.2, 0) is 20.6 Å². The summed E-state index contributed by atoms with van der Waals surface area (Å²) in [5.74, 6) is 1.19. The molecule has 0 amide bonds. The summed E-state index contributed by atoms with van der Waals surface area (Å²) in [6, 6.07) is 17.0. The van der Waals surface area contributed by atoms with Gasteiger partial charge in [-0.2, -0.15) is 0 Å². The van der Waals surface area contributed by atoms with E-state index in [9.17, 15) is 12.6 Å². The first-order valence-corrected chi connectivity index (χ1v) is 13.4. The second-order valence-electron chi connectivity index (χ2n) is 7.39. The van der Waals surface area contributed by atoms with Crippen LogP contribution in [0.1, 0.15) is 6.92 Å². The van der Waals surface area contributed by atoms with E-state index >= 15 is 0 Å². The van der Waals surface area contributed by atoms with Crippen LogP contribution in [0.5, 0.6) is 11.5 Å². The number of benzene rings is 1. The minimum atomic E-state index is -3.42. The summed E-state index contributed by atoms with van der Waals surface area (Å²) >= 11 is 0. The van der Waals surface area contributed by atoms with Crippen LogP contribution < -0.4 is 4.74 Å². The fraction of sp³-hybridized carbons (Fsp3) is 0.0833. The van der Waals surface area contributed by atoms with E-state index in [1.165, 1.54) is 18.3 Å². The van der Waals surface area contributed by atoms with Crippen LogP contribution in [0, 0.1) is 0 Å². The summed E-state index contributed by atoms with van der Waals surface area (Å²) < 4.78 is 43.5. The molecule has 1 N–H and O–H groups in total. The van der Waals surface area contributed by atoms with Gasteiger partial charge in [0.15, 0.2) is 20.7 Å². The predicted molar refractivity (Wildman–Crippen MR) is 130 cm³/mol. The molecule has 0 saturated carbocycles. The predicted octanol–water partition coefficient (Wildman–Crippen LogP) is 4.17. The van der Waals surface area contributed by atoms with E-state index in [2.05, 4.69) is 24.9 Å². The van der Waals surface area contributed by atoms with Crippen LogP contribution in [0.25, 0.3) is 22.6 Å². The van der Waals surface area contributed by atoms with Crippen molar-refractivity contribution in [1.29, 1.82) is 0 Å². The zero-order valence-electron chi connectivity index (χ0n) is 18.5. The monoisotopic (exact) mass is 505 g/mol. The molecule has 0 saturated heterocycles. The topological polar surface area (TPSA) is 128 Å². The molecule has 0 spiro atoms. The van der Waals surface area contributed by atoms with Gasteiger partial charge in [-0.3, -0.25) is 4.98 Å². The number of H-pyrrole nitrogens is 1. The number of ether oxygens (including phenoxy) is 1. The number of aromatic nitrogens is 5. The summed E-state index contributed by atoms with van der Waals surface area (Å²) in [5, 5.41) is 0.359. The lowest BCUT2D eigenvalue weighted by Gasteiger charge is -2.09. The molecule has 5 aromatic rings. The fourth-order valence-electron chi connectivity index (χ4n) is 3.35. The highest BCUT2D eigenvalue weighted by Gasteiger charge is 2.19. The van der Waals surface area contributed by atoms with Crippen molar-refractivity contribution in [2.24, 2.45) is 0 Å². The number of rotatable bonds is 7. The number of imidazole rings is 1. The Balaban J connectivity index is 1.58. The van der Waals surface area contributed by atoms with E-state index in [-0.39, 0.29) is 10.8 Å². The Hall–Kier alpha value is -3.96. The first kappa shape index (κ1) is 22.8. The third kappa shape index (κ3) is 4.68. The molecular weight excluding hydrogens is 486 g/mol. The Kier molecular flexibility index (Phi) is 6.10. The molecule has 0 bridgehead atoms. The highest BCUT2D eigenvalue weighted by molar-refractivity contribution is 7.91. The molecule has 9 nitrogen and oxygen atoms in total. The Bertz CT molecular complexity index is 1620. The van der Waals surface area contributed by atoms with Gasteiger partial charge >= 0.3 is 0 Å². The summed E-state index contributed by atoms with van der Waals surface area (Å²) in [6.45, 7) is 1.56. The van der Waals surface area contributed by atoms with Crippen LogP contribution >= 0.6 is 0 Å². The standard InChI is InChI=1S/C24H19N5O4S2/c1-2-35(31,32)22-10-9-16(15-27-22)33-17-13-19-23(29-24(28-19)18-7-3-5-11-25-18)20(14-17)34(30)21-8-4-6-12-26-21/h3-15H,2H2,1H3,(H,28,29). The molecule has 0 aliphatic carbocycles. The minimum absolute atomic E-state index is 0.0201. The minimum Gasteiger partial charge on any atom is -0.456 e. The number of hydrogen-bond donors (Lipinski definition) is 1. The smallest absolute Gasteiger partial charge is 0.195 e. The van der Waals surface area contributed by atoms with Crippen molar-refractivity contribution < 1.29 is 17.4 Å². The molecule has 1 aromatic carbocycles. The first-order valence-electron chi connectivity index (χ1n) is 10.6. The summed E-state index contributed by atoms with van der Waals surface area (Å²) in [4.78, 5) is 20.9. The maximum Gasteiger partial charge on any atom is 0.195 e. The number of pyridine rings is 3. The van der Waals surface area contributed by atoms with Crippen LogP contribution in [0.2, 0.25) is 0 Å². The quantitative estimate of drug-likeness (QED) is 0.349. The van der Waals surface area contributed by atoms with Crippen molar-refractivity contribution in [2.75, 3.05) is 5.75 Å². The number of aromatic amines is 1. The van der Waals surface area contributed by atoms with Gasteiger partial charge in [-0.25, -0.2) is 27.6 Å². The molecule has 1 atom stereocenters. The zero-order chi connectivity index (χ0) is 24.4. The van der Waals surface area contributed by atoms with Crippen molar-refractivity contribution in [3.63, 3.8) is 0 Å². The van der Waals surface area contributed by atoms with Crippen molar-refractivity contribution in [3.8, 4) is 23.0 Å². The van der Waals surface area contributed by atoms with Gasteiger partial charge in [-0.05, 0) is 42.5 Å². The van der Waals surface area contributed by atoms with E-state index in [1.807, 2.05) is 18.2 Å². The van der Waals surface area contributed by atoms with Gasteiger partial charge in [-0.1, -0.05) is 19.1 Å². The van der Waals surface area contributed by atoms with Crippen molar-refractivity contribution >= 4 is 31.7 Å². The second kappa shape index (κ2) is 9.35. The van der Waals surface area contributed by atoms with E-state index < -0.39 is 20.6 Å². The van der Waals surface area contributed by atoms with Gasteiger partial charge in [0.25, 0.3) is 0 Å². The van der Waals surface area contributed by atoms with Crippen LogP contribution in [0.3, 0.4) is 0 Å². The third-order valence-corrected chi connectivity index (χ3v) is 8.07. The number of nitrogens with zero attached hydrogens (tertiary/aromatic N) is 4. The SMILES string of the molecule is CCS(=O)(=O)c1ccc(Oc2cc(S(=O)c3ccccn3)c3nc(-c4ccccn4)[nH]c3c2)cn1. The molecule has 4 heterocycles. The highest BCUT2D eigenvalue weighted by atomic mass is 32.2. The van der Waals surface area contributed by atoms with Gasteiger partial charge in [0.05, 0.1) is 22.4 Å². The Morgan fingerprint density at radius 1 is 0.943 bits per heavy atom. The van der Waals surface area contributed by atoms with Crippen LogP contribution in [0.4, 0.5) is 0 Å². The highest BCUT2D eigenvalue weighted by Crippen LogP contribution is 2.32. The maximum atomic E-state index is 13.4. The summed E-state index contributed by atoms with van der Waals surface area (Å²) in [7, 11) is -5.06. The van der Waals surface area contributed by atoms with Gasteiger partial charge < -0.3 is 9.72 Å². The number of sulfone groups is 1. The number of hydrogen-bond acceptors (Lipinski definition) is 8. The van der Waals surface area contributed by atoms with E-state index in [4.69, 9.17) is 4.74 Å². The van der Waals surface area contributed by atoms with Gasteiger partial charge in [0.2, 0.25) is 0 Å². The number of fused-ring (bicyclic) bond motifs is 1. The van der Waals surface area contributed by atoms with Crippen molar-refractivity contribution in [3.05, 3.63) is 79.3 Å². The molecule has 5 rings (SSSR count). The van der Waals surface area contributed by atoms with Crippen LogP contribution in [0.15, 0.2) is 94.2 Å². The molecule has 176 valence electrons. The van der Waals surface area contributed by atoms with Gasteiger partial charge in [-0.15, -0.1) is 0 Å². The largest absolute Gasteiger partial charge is 0.456 e. The molecule has 0 aliphatic heterocycles. The zero-order valence-corrected chi connectivity index (χ0v) is 20.1. The molecule has 4 aromatic heterocycles. The lowest BCUT2D eigenvalue weighted by Crippen LogP contribution is -2.05. The Labute approximate surface area is 203 Å². The lowest BCUT2D eigenvalue weighted by molar-refractivity contribution is 0.478. The van der Waals surface area contributed by atoms with Crippen LogP contribution in [-0.4, -0.2) is 43.3 Å². The first-order chi connectivity index (χ1) is 16.9. The third-order valence-electron chi connectivity index (χ3n) is 5.10. The molecule has 1 unspecified atom stereocenters. The van der Waals surface area contributed by atoms with Crippen molar-refractivity contribution in [1.82, 2.24) is 24.9 Å². The normalized spacial score (nSPS) is 12.5. The average Bonchev–Trinajstić information content (AvgIpc) is 3.33. The fourth-order valence-corrected chi connectivity index (χ4v) is 5.27. The second-order valence-corrected chi connectivity index (χ2v) is 11.0. The Morgan fingerprint density at radius 2 is 1.74 bits per heavy atom. The molecule has 35 heavy (non-hydrogen) atoms. The molecule has 0 aliphatic rings. The lowest BCUT2D eigenvalue weighted by atomic mass is 10.3. The van der Waals surface area contributed by atoms with E-state index in [0.717, 1.165) is 0 Å². The Morgan fingerprint density at radius 3 is 2.40 bits per heavy atom. The van der Waals surface area contributed by atoms with Gasteiger partial charge in [0.1, 0.15) is 38.5 Å². The van der Waals surface area contributed by atoms with Gasteiger partial charge in [0, 0.05) is 18.5 Å². The molecule has 0 fully saturated rings.